The number of hydrogen-bond acceptors (Lipinski definition) is 3. The summed E-state index contributed by atoms with van der Waals surface area (Å²) < 4.78 is 19.2. The van der Waals surface area contributed by atoms with E-state index >= 15 is 0 Å². The van der Waals surface area contributed by atoms with Crippen molar-refractivity contribution in [3.05, 3.63) is 29.6 Å². The average Bonchev–Trinajstić information content (AvgIpc) is 2.47. The highest BCUT2D eigenvalue weighted by Gasteiger charge is 2.14. The maximum Gasteiger partial charge on any atom is 0.254 e. The second-order valence-corrected chi connectivity index (χ2v) is 5.13. The van der Waals surface area contributed by atoms with E-state index in [4.69, 9.17) is 10.5 Å². The Bertz CT molecular complexity index is 459. The Kier molecular flexibility index (Phi) is 5.35. The molecule has 0 aliphatic heterocycles. The van der Waals surface area contributed by atoms with Crippen LogP contribution in [0.3, 0.4) is 0 Å². The van der Waals surface area contributed by atoms with E-state index in [1.54, 1.807) is 0 Å². The second-order valence-electron chi connectivity index (χ2n) is 5.13. The van der Waals surface area contributed by atoms with Gasteiger partial charge in [-0.25, -0.2) is 4.39 Å². The van der Waals surface area contributed by atoms with Crippen molar-refractivity contribution in [1.82, 2.24) is 5.32 Å². The van der Waals surface area contributed by atoms with Gasteiger partial charge in [-0.2, -0.15) is 0 Å². The van der Waals surface area contributed by atoms with Crippen LogP contribution in [-0.2, 0) is 4.74 Å². The van der Waals surface area contributed by atoms with Gasteiger partial charge in [0.05, 0.1) is 18.3 Å². The molecule has 110 valence electrons. The van der Waals surface area contributed by atoms with Gasteiger partial charge in [0, 0.05) is 12.2 Å². The van der Waals surface area contributed by atoms with E-state index in [1.165, 1.54) is 37.5 Å². The number of carbonyl (C=O) groups excluding carboxylic acids is 1. The van der Waals surface area contributed by atoms with Gasteiger partial charge in [0.25, 0.3) is 5.91 Å². The molecule has 0 bridgehead atoms. The molecule has 1 fully saturated rings. The van der Waals surface area contributed by atoms with Gasteiger partial charge in [-0.05, 0) is 31.0 Å². The number of nitrogens with two attached hydrogens (primary N) is 1. The van der Waals surface area contributed by atoms with Crippen LogP contribution in [-0.4, -0.2) is 25.2 Å². The van der Waals surface area contributed by atoms with Gasteiger partial charge < -0.3 is 15.8 Å². The van der Waals surface area contributed by atoms with E-state index in [0.29, 0.717) is 24.9 Å². The smallest absolute Gasteiger partial charge is 0.254 e. The van der Waals surface area contributed by atoms with Gasteiger partial charge >= 0.3 is 0 Å². The summed E-state index contributed by atoms with van der Waals surface area (Å²) in [6.07, 6.45) is 6.21. The Labute approximate surface area is 118 Å². The Morgan fingerprint density at radius 2 is 2.10 bits per heavy atom. The van der Waals surface area contributed by atoms with E-state index in [2.05, 4.69) is 5.32 Å². The fourth-order valence-electron chi connectivity index (χ4n) is 2.43. The molecule has 4 nitrogen and oxygen atoms in total. The lowest BCUT2D eigenvalue weighted by atomic mass is 9.98. The highest BCUT2D eigenvalue weighted by molar-refractivity contribution is 5.95. The van der Waals surface area contributed by atoms with Gasteiger partial charge in [-0.1, -0.05) is 19.3 Å². The van der Waals surface area contributed by atoms with Crippen LogP contribution in [0.5, 0.6) is 0 Å². The Morgan fingerprint density at radius 3 is 2.85 bits per heavy atom. The van der Waals surface area contributed by atoms with Crippen LogP contribution in [0.2, 0.25) is 0 Å². The summed E-state index contributed by atoms with van der Waals surface area (Å²) in [7, 11) is 0. The van der Waals surface area contributed by atoms with Crippen LogP contribution in [0.4, 0.5) is 10.1 Å². The zero-order chi connectivity index (χ0) is 14.4. The summed E-state index contributed by atoms with van der Waals surface area (Å²) in [6, 6.07) is 3.97. The molecule has 2 rings (SSSR count). The molecule has 1 aliphatic carbocycles. The van der Waals surface area contributed by atoms with Gasteiger partial charge in [0.1, 0.15) is 5.82 Å². The molecule has 0 atom stereocenters. The van der Waals surface area contributed by atoms with E-state index in [-0.39, 0.29) is 5.56 Å². The van der Waals surface area contributed by atoms with Crippen molar-refractivity contribution in [3.8, 4) is 0 Å². The maximum absolute atomic E-state index is 13.5. The van der Waals surface area contributed by atoms with Crippen molar-refractivity contribution in [1.29, 1.82) is 0 Å². The fourth-order valence-corrected chi connectivity index (χ4v) is 2.43. The van der Waals surface area contributed by atoms with Gasteiger partial charge in [0.2, 0.25) is 0 Å². The molecule has 5 heteroatoms. The predicted octanol–water partition coefficient (Wildman–Crippen LogP) is 2.49. The number of benzene rings is 1. The van der Waals surface area contributed by atoms with Gasteiger partial charge in [-0.15, -0.1) is 0 Å². The molecule has 1 aromatic carbocycles. The third kappa shape index (κ3) is 4.20. The molecule has 0 spiro atoms. The molecule has 1 saturated carbocycles. The number of hydrogen-bond donors (Lipinski definition) is 2. The minimum atomic E-state index is -0.565. The highest BCUT2D eigenvalue weighted by Crippen LogP contribution is 2.19. The molecule has 0 aromatic heterocycles. The molecular weight excluding hydrogens is 259 g/mol. The normalized spacial score (nSPS) is 16.1. The average molecular weight is 280 g/mol. The molecule has 0 unspecified atom stereocenters. The Hall–Kier alpha value is -1.62. The number of nitrogens with one attached hydrogen (secondary N) is 1. The van der Waals surface area contributed by atoms with Crippen molar-refractivity contribution < 1.29 is 13.9 Å². The zero-order valence-electron chi connectivity index (χ0n) is 11.5. The van der Waals surface area contributed by atoms with Crippen LogP contribution in [0, 0.1) is 5.82 Å². The molecule has 1 aromatic rings. The first-order valence-electron chi connectivity index (χ1n) is 7.11. The first-order chi connectivity index (χ1) is 9.66. The first kappa shape index (κ1) is 14.8. The number of anilines is 1. The van der Waals surface area contributed by atoms with Crippen molar-refractivity contribution in [2.24, 2.45) is 0 Å². The van der Waals surface area contributed by atoms with E-state index in [9.17, 15) is 9.18 Å². The molecule has 0 saturated heterocycles. The Balaban J connectivity index is 1.73. The molecular formula is C15H21FN2O2. The van der Waals surface area contributed by atoms with Crippen molar-refractivity contribution in [3.63, 3.8) is 0 Å². The van der Waals surface area contributed by atoms with E-state index < -0.39 is 11.7 Å². The minimum absolute atomic E-state index is 0.0253. The summed E-state index contributed by atoms with van der Waals surface area (Å²) in [5.41, 5.74) is 5.89. The summed E-state index contributed by atoms with van der Waals surface area (Å²) in [5, 5.41) is 2.65. The van der Waals surface area contributed by atoms with Crippen molar-refractivity contribution in [2.75, 3.05) is 18.9 Å². The number of halogens is 1. The SMILES string of the molecule is Nc1ccc(F)c(C(=O)NCCOC2CCCCC2)c1. The predicted molar refractivity (Wildman–Crippen MR) is 76.0 cm³/mol. The fraction of sp³-hybridized carbons (Fsp3) is 0.533. The number of nitrogen functional groups attached to an aromatic ring is 1. The van der Waals surface area contributed by atoms with Gasteiger partial charge in [-0.3, -0.25) is 4.79 Å². The number of rotatable bonds is 5. The summed E-state index contributed by atoms with van der Waals surface area (Å²) in [6.45, 7) is 0.837. The third-order valence-corrected chi connectivity index (χ3v) is 3.53. The Morgan fingerprint density at radius 1 is 1.35 bits per heavy atom. The van der Waals surface area contributed by atoms with Crippen molar-refractivity contribution >= 4 is 11.6 Å². The third-order valence-electron chi connectivity index (χ3n) is 3.53. The molecule has 0 heterocycles. The summed E-state index contributed by atoms with van der Waals surface area (Å²) in [5.74, 6) is -1.02. The van der Waals surface area contributed by atoms with Crippen LogP contribution in [0.25, 0.3) is 0 Å². The number of carbonyl (C=O) groups is 1. The van der Waals surface area contributed by atoms with Crippen LogP contribution in [0.1, 0.15) is 42.5 Å². The highest BCUT2D eigenvalue weighted by atomic mass is 19.1. The molecule has 1 aliphatic rings. The number of amides is 1. The topological polar surface area (TPSA) is 64.4 Å². The number of ether oxygens (including phenoxy) is 1. The molecule has 0 radical (unpaired) electrons. The van der Waals surface area contributed by atoms with E-state index in [0.717, 1.165) is 12.8 Å². The summed E-state index contributed by atoms with van der Waals surface area (Å²) >= 11 is 0. The standard InChI is InChI=1S/C15H21FN2O2/c16-14-7-6-11(17)10-13(14)15(19)18-8-9-20-12-4-2-1-3-5-12/h6-7,10,12H,1-5,8-9,17H2,(H,18,19). The van der Waals surface area contributed by atoms with Crippen LogP contribution in [0.15, 0.2) is 18.2 Å². The monoisotopic (exact) mass is 280 g/mol. The quantitative estimate of drug-likeness (QED) is 0.643. The molecule has 1 amide bonds. The van der Waals surface area contributed by atoms with Gasteiger partial charge in [0.15, 0.2) is 0 Å². The first-order valence-corrected chi connectivity index (χ1v) is 7.11. The molecule has 20 heavy (non-hydrogen) atoms. The van der Waals surface area contributed by atoms with Crippen LogP contribution < -0.4 is 11.1 Å². The second kappa shape index (κ2) is 7.24. The van der Waals surface area contributed by atoms with Crippen molar-refractivity contribution in [2.45, 2.75) is 38.2 Å². The summed E-state index contributed by atoms with van der Waals surface area (Å²) in [4.78, 5) is 11.8. The lowest BCUT2D eigenvalue weighted by Gasteiger charge is -2.22. The van der Waals surface area contributed by atoms with E-state index in [1.807, 2.05) is 0 Å². The lowest BCUT2D eigenvalue weighted by Crippen LogP contribution is -2.30. The minimum Gasteiger partial charge on any atom is -0.399 e. The largest absolute Gasteiger partial charge is 0.399 e. The lowest BCUT2D eigenvalue weighted by molar-refractivity contribution is 0.0299. The molecule has 3 N–H and O–H groups in total. The zero-order valence-corrected chi connectivity index (χ0v) is 11.5. The van der Waals surface area contributed by atoms with Crippen LogP contribution >= 0.6 is 0 Å². The maximum atomic E-state index is 13.5.